The number of rotatable bonds is 5. The standard InChI is InChI=1S/C13H19ClFN/c1-4-10(3)16(5-2)13-7-11(9-14)6-12(15)8-13/h6-8,10H,4-5,9H2,1-3H3. The van der Waals surface area contributed by atoms with Crippen LogP contribution >= 0.6 is 11.6 Å². The van der Waals surface area contributed by atoms with Gasteiger partial charge in [0, 0.05) is 24.2 Å². The molecule has 0 spiro atoms. The first-order valence-corrected chi connectivity index (χ1v) is 6.27. The molecule has 0 heterocycles. The predicted molar refractivity (Wildman–Crippen MR) is 68.7 cm³/mol. The van der Waals surface area contributed by atoms with Gasteiger partial charge in [-0.25, -0.2) is 4.39 Å². The van der Waals surface area contributed by atoms with E-state index in [0.717, 1.165) is 24.2 Å². The second-order valence-corrected chi connectivity index (χ2v) is 4.26. The van der Waals surface area contributed by atoms with Gasteiger partial charge in [0.15, 0.2) is 0 Å². The molecule has 0 N–H and O–H groups in total. The van der Waals surface area contributed by atoms with E-state index in [-0.39, 0.29) is 5.82 Å². The van der Waals surface area contributed by atoms with Gasteiger partial charge < -0.3 is 4.90 Å². The van der Waals surface area contributed by atoms with Crippen LogP contribution in [0.5, 0.6) is 0 Å². The molecule has 1 rings (SSSR count). The highest BCUT2D eigenvalue weighted by atomic mass is 35.5. The molecule has 0 aliphatic heterocycles. The summed E-state index contributed by atoms with van der Waals surface area (Å²) in [5.41, 5.74) is 1.76. The summed E-state index contributed by atoms with van der Waals surface area (Å²) in [7, 11) is 0. The molecule has 0 aliphatic carbocycles. The molecule has 1 aromatic carbocycles. The number of benzene rings is 1. The van der Waals surface area contributed by atoms with Crippen LogP contribution in [0.4, 0.5) is 10.1 Å². The Balaban J connectivity index is 3.04. The normalized spacial score (nSPS) is 12.6. The summed E-state index contributed by atoms with van der Waals surface area (Å²) in [6.07, 6.45) is 1.04. The molecule has 0 bridgehead atoms. The van der Waals surface area contributed by atoms with Gasteiger partial charge in [0.25, 0.3) is 0 Å². The van der Waals surface area contributed by atoms with Gasteiger partial charge in [0.05, 0.1) is 0 Å². The Morgan fingerprint density at radius 2 is 2.00 bits per heavy atom. The Kier molecular flexibility index (Phi) is 5.07. The van der Waals surface area contributed by atoms with E-state index in [9.17, 15) is 4.39 Å². The van der Waals surface area contributed by atoms with Crippen molar-refractivity contribution in [3.8, 4) is 0 Å². The fourth-order valence-corrected chi connectivity index (χ4v) is 2.00. The second kappa shape index (κ2) is 6.09. The molecule has 0 aliphatic rings. The van der Waals surface area contributed by atoms with Crippen LogP contribution in [-0.2, 0) is 5.88 Å². The lowest BCUT2D eigenvalue weighted by Gasteiger charge is -2.29. The largest absolute Gasteiger partial charge is 0.369 e. The Morgan fingerprint density at radius 3 is 2.50 bits per heavy atom. The zero-order chi connectivity index (χ0) is 12.1. The summed E-state index contributed by atoms with van der Waals surface area (Å²) in [5.74, 6) is 0.137. The number of hydrogen-bond donors (Lipinski definition) is 0. The third-order valence-electron chi connectivity index (χ3n) is 2.89. The van der Waals surface area contributed by atoms with Gasteiger partial charge in [-0.15, -0.1) is 11.6 Å². The molecule has 0 saturated heterocycles. The van der Waals surface area contributed by atoms with E-state index in [4.69, 9.17) is 11.6 Å². The quantitative estimate of drug-likeness (QED) is 0.701. The highest BCUT2D eigenvalue weighted by Gasteiger charge is 2.12. The van der Waals surface area contributed by atoms with Crippen molar-refractivity contribution in [3.63, 3.8) is 0 Å². The molecule has 1 atom stereocenters. The summed E-state index contributed by atoms with van der Waals surface area (Å²) in [5, 5.41) is 0. The van der Waals surface area contributed by atoms with Gasteiger partial charge in [0.2, 0.25) is 0 Å². The highest BCUT2D eigenvalue weighted by Crippen LogP contribution is 2.22. The molecular formula is C13H19ClFN. The van der Waals surface area contributed by atoms with Gasteiger partial charge in [-0.3, -0.25) is 0 Å². The zero-order valence-electron chi connectivity index (χ0n) is 10.1. The predicted octanol–water partition coefficient (Wildman–Crippen LogP) is 4.19. The summed E-state index contributed by atoms with van der Waals surface area (Å²) in [6, 6.07) is 5.44. The zero-order valence-corrected chi connectivity index (χ0v) is 10.9. The van der Waals surface area contributed by atoms with Gasteiger partial charge in [-0.1, -0.05) is 6.92 Å². The van der Waals surface area contributed by atoms with Crippen LogP contribution < -0.4 is 4.90 Å². The van der Waals surface area contributed by atoms with Gasteiger partial charge in [-0.2, -0.15) is 0 Å². The van der Waals surface area contributed by atoms with Crippen molar-refractivity contribution in [3.05, 3.63) is 29.6 Å². The minimum absolute atomic E-state index is 0.213. The summed E-state index contributed by atoms with van der Waals surface area (Å²) < 4.78 is 13.4. The van der Waals surface area contributed by atoms with Crippen LogP contribution in [0.2, 0.25) is 0 Å². The maximum atomic E-state index is 13.4. The van der Waals surface area contributed by atoms with Gasteiger partial charge in [0.1, 0.15) is 5.82 Å². The molecule has 1 nitrogen and oxygen atoms in total. The Bertz CT molecular complexity index is 341. The Labute approximate surface area is 102 Å². The van der Waals surface area contributed by atoms with Crippen molar-refractivity contribution in [1.82, 2.24) is 0 Å². The third kappa shape index (κ3) is 3.11. The third-order valence-corrected chi connectivity index (χ3v) is 3.20. The molecule has 90 valence electrons. The minimum atomic E-state index is -0.213. The lowest BCUT2D eigenvalue weighted by Crippen LogP contribution is -2.32. The maximum absolute atomic E-state index is 13.4. The average molecular weight is 244 g/mol. The van der Waals surface area contributed by atoms with E-state index in [2.05, 4.69) is 25.7 Å². The topological polar surface area (TPSA) is 3.24 Å². The molecule has 0 fully saturated rings. The summed E-state index contributed by atoms with van der Waals surface area (Å²) in [4.78, 5) is 2.19. The SMILES string of the molecule is CCC(C)N(CC)c1cc(F)cc(CCl)c1. The van der Waals surface area contributed by atoms with E-state index in [0.29, 0.717) is 11.9 Å². The van der Waals surface area contributed by atoms with Crippen LogP contribution in [0.3, 0.4) is 0 Å². The Morgan fingerprint density at radius 1 is 1.31 bits per heavy atom. The number of anilines is 1. The number of halogens is 2. The number of hydrogen-bond acceptors (Lipinski definition) is 1. The molecule has 1 aromatic rings. The fourth-order valence-electron chi connectivity index (χ4n) is 1.85. The first-order valence-electron chi connectivity index (χ1n) is 5.74. The smallest absolute Gasteiger partial charge is 0.125 e. The first-order chi connectivity index (χ1) is 7.62. The van der Waals surface area contributed by atoms with E-state index in [1.165, 1.54) is 6.07 Å². The van der Waals surface area contributed by atoms with Crippen LogP contribution in [0.15, 0.2) is 18.2 Å². The van der Waals surface area contributed by atoms with Crippen LogP contribution in [0.1, 0.15) is 32.8 Å². The molecular weight excluding hydrogens is 225 g/mol. The van der Waals surface area contributed by atoms with Crippen LogP contribution in [0, 0.1) is 5.82 Å². The molecule has 1 unspecified atom stereocenters. The lowest BCUT2D eigenvalue weighted by molar-refractivity contribution is 0.610. The van der Waals surface area contributed by atoms with Crippen molar-refractivity contribution in [1.29, 1.82) is 0 Å². The van der Waals surface area contributed by atoms with E-state index >= 15 is 0 Å². The first kappa shape index (κ1) is 13.3. The van der Waals surface area contributed by atoms with E-state index < -0.39 is 0 Å². The van der Waals surface area contributed by atoms with Crippen molar-refractivity contribution >= 4 is 17.3 Å². The Hall–Kier alpha value is -0.760. The van der Waals surface area contributed by atoms with Crippen molar-refractivity contribution in [2.75, 3.05) is 11.4 Å². The van der Waals surface area contributed by atoms with E-state index in [1.807, 2.05) is 6.07 Å². The van der Waals surface area contributed by atoms with Gasteiger partial charge in [-0.05, 0) is 44.0 Å². The van der Waals surface area contributed by atoms with Crippen LogP contribution in [-0.4, -0.2) is 12.6 Å². The lowest BCUT2D eigenvalue weighted by atomic mass is 10.1. The number of nitrogens with zero attached hydrogens (tertiary/aromatic N) is 1. The number of alkyl halides is 1. The molecule has 0 saturated carbocycles. The minimum Gasteiger partial charge on any atom is -0.369 e. The van der Waals surface area contributed by atoms with E-state index in [1.54, 1.807) is 6.07 Å². The van der Waals surface area contributed by atoms with Crippen molar-refractivity contribution in [2.24, 2.45) is 0 Å². The second-order valence-electron chi connectivity index (χ2n) is 3.99. The molecule has 0 radical (unpaired) electrons. The molecule has 16 heavy (non-hydrogen) atoms. The summed E-state index contributed by atoms with van der Waals surface area (Å²) >= 11 is 5.75. The summed E-state index contributed by atoms with van der Waals surface area (Å²) in [6.45, 7) is 7.24. The molecule has 0 aromatic heterocycles. The fraction of sp³-hybridized carbons (Fsp3) is 0.538. The maximum Gasteiger partial charge on any atom is 0.125 e. The molecule has 0 amide bonds. The molecule has 3 heteroatoms. The van der Waals surface area contributed by atoms with Crippen molar-refractivity contribution < 1.29 is 4.39 Å². The highest BCUT2D eigenvalue weighted by molar-refractivity contribution is 6.17. The van der Waals surface area contributed by atoms with Crippen molar-refractivity contribution in [2.45, 2.75) is 39.1 Å². The average Bonchev–Trinajstić information content (AvgIpc) is 2.29. The monoisotopic (exact) mass is 243 g/mol. The van der Waals surface area contributed by atoms with Crippen LogP contribution in [0.25, 0.3) is 0 Å². The van der Waals surface area contributed by atoms with Gasteiger partial charge >= 0.3 is 0 Å².